The smallest absolute Gasteiger partial charge is 0.00747 e. The van der Waals surface area contributed by atoms with Gasteiger partial charge >= 0.3 is 0 Å². The van der Waals surface area contributed by atoms with Crippen molar-refractivity contribution in [3.63, 3.8) is 0 Å². The summed E-state index contributed by atoms with van der Waals surface area (Å²) in [6, 6.07) is 1.49. The van der Waals surface area contributed by atoms with E-state index in [2.05, 4.69) is 39.5 Å². The summed E-state index contributed by atoms with van der Waals surface area (Å²) >= 11 is 0. The minimum Gasteiger partial charge on any atom is -0.298 e. The maximum atomic E-state index is 2.62. The molecule has 0 spiro atoms. The van der Waals surface area contributed by atoms with Crippen LogP contribution in [0.1, 0.15) is 47.5 Å². The first-order valence-corrected chi connectivity index (χ1v) is 5.18. The molecule has 1 heteroatoms. The van der Waals surface area contributed by atoms with Gasteiger partial charge in [0.15, 0.2) is 0 Å². The molecule has 1 aliphatic rings. The van der Waals surface area contributed by atoms with Gasteiger partial charge in [0.25, 0.3) is 0 Å². The molecule has 0 bridgehead atoms. The lowest BCUT2D eigenvalue weighted by atomic mass is 9.79. The lowest BCUT2D eigenvalue weighted by Crippen LogP contribution is -2.47. The fourth-order valence-electron chi connectivity index (χ4n) is 2.44. The zero-order valence-corrected chi connectivity index (χ0v) is 9.22. The van der Waals surface area contributed by atoms with Gasteiger partial charge in [-0.05, 0) is 45.6 Å². The van der Waals surface area contributed by atoms with Crippen LogP contribution in [0.4, 0.5) is 0 Å². The fraction of sp³-hybridized carbons (Fsp3) is 1.00. The summed E-state index contributed by atoms with van der Waals surface area (Å²) < 4.78 is 0. The highest BCUT2D eigenvalue weighted by molar-refractivity contribution is 4.85. The van der Waals surface area contributed by atoms with Gasteiger partial charge in [-0.15, -0.1) is 0 Å². The third kappa shape index (κ3) is 2.22. The van der Waals surface area contributed by atoms with Gasteiger partial charge in [0.2, 0.25) is 0 Å². The van der Waals surface area contributed by atoms with Crippen molar-refractivity contribution >= 4 is 0 Å². The standard InChI is InChI=1S/C11H23N/c1-9(2)12-7-6-11(4,5)8-10(12)3/h9-10H,6-8H2,1-5H3/t10-/m0/s1. The highest BCUT2D eigenvalue weighted by Crippen LogP contribution is 2.34. The molecule has 0 aromatic heterocycles. The van der Waals surface area contributed by atoms with Crippen LogP contribution in [0.2, 0.25) is 0 Å². The normalized spacial score (nSPS) is 31.0. The number of rotatable bonds is 1. The van der Waals surface area contributed by atoms with Crippen LogP contribution >= 0.6 is 0 Å². The van der Waals surface area contributed by atoms with Gasteiger partial charge in [0.1, 0.15) is 0 Å². The minimum atomic E-state index is 0.574. The molecule has 12 heavy (non-hydrogen) atoms. The van der Waals surface area contributed by atoms with Crippen LogP contribution in [0, 0.1) is 5.41 Å². The molecule has 0 unspecified atom stereocenters. The van der Waals surface area contributed by atoms with Gasteiger partial charge < -0.3 is 0 Å². The Balaban J connectivity index is 2.54. The molecule has 0 aromatic carbocycles. The zero-order chi connectivity index (χ0) is 9.35. The van der Waals surface area contributed by atoms with Crippen LogP contribution in [0.25, 0.3) is 0 Å². The quantitative estimate of drug-likeness (QED) is 0.583. The van der Waals surface area contributed by atoms with Crippen molar-refractivity contribution in [2.45, 2.75) is 59.5 Å². The Hall–Kier alpha value is -0.0400. The van der Waals surface area contributed by atoms with E-state index < -0.39 is 0 Å². The van der Waals surface area contributed by atoms with E-state index in [0.29, 0.717) is 5.41 Å². The molecular weight excluding hydrogens is 146 g/mol. The molecule has 1 nitrogen and oxygen atoms in total. The number of nitrogens with zero attached hydrogens (tertiary/aromatic N) is 1. The number of hydrogen-bond donors (Lipinski definition) is 0. The topological polar surface area (TPSA) is 3.24 Å². The van der Waals surface area contributed by atoms with E-state index in [0.717, 1.165) is 12.1 Å². The van der Waals surface area contributed by atoms with E-state index >= 15 is 0 Å². The summed E-state index contributed by atoms with van der Waals surface area (Å²) in [6.07, 6.45) is 2.71. The molecule has 0 N–H and O–H groups in total. The summed E-state index contributed by atoms with van der Waals surface area (Å²) in [6.45, 7) is 13.0. The molecular formula is C11H23N. The predicted octanol–water partition coefficient (Wildman–Crippen LogP) is 2.91. The number of likely N-dealkylation sites (tertiary alicyclic amines) is 1. The van der Waals surface area contributed by atoms with Crippen molar-refractivity contribution < 1.29 is 0 Å². The van der Waals surface area contributed by atoms with Crippen molar-refractivity contribution in [2.75, 3.05) is 6.54 Å². The van der Waals surface area contributed by atoms with E-state index in [1.165, 1.54) is 19.4 Å². The average Bonchev–Trinajstić information content (AvgIpc) is 1.83. The van der Waals surface area contributed by atoms with Gasteiger partial charge in [-0.1, -0.05) is 13.8 Å². The van der Waals surface area contributed by atoms with Gasteiger partial charge in [-0.3, -0.25) is 4.90 Å². The SMILES string of the molecule is CC(C)N1CCC(C)(C)C[C@@H]1C. The maximum absolute atomic E-state index is 2.62. The Morgan fingerprint density at radius 3 is 2.33 bits per heavy atom. The van der Waals surface area contributed by atoms with Gasteiger partial charge in [0.05, 0.1) is 0 Å². The molecule has 1 fully saturated rings. The second-order valence-electron chi connectivity index (χ2n) is 5.30. The van der Waals surface area contributed by atoms with Crippen molar-refractivity contribution in [1.82, 2.24) is 4.90 Å². The Morgan fingerprint density at radius 2 is 1.92 bits per heavy atom. The van der Waals surface area contributed by atoms with Crippen LogP contribution in [-0.2, 0) is 0 Å². The highest BCUT2D eigenvalue weighted by Gasteiger charge is 2.31. The first kappa shape index (κ1) is 10.0. The monoisotopic (exact) mass is 169 g/mol. The number of piperidine rings is 1. The Kier molecular flexibility index (Phi) is 2.82. The average molecular weight is 169 g/mol. The molecule has 0 saturated carbocycles. The Labute approximate surface area is 77.1 Å². The van der Waals surface area contributed by atoms with E-state index in [-0.39, 0.29) is 0 Å². The highest BCUT2D eigenvalue weighted by atomic mass is 15.2. The van der Waals surface area contributed by atoms with Crippen LogP contribution in [0.3, 0.4) is 0 Å². The van der Waals surface area contributed by atoms with E-state index in [4.69, 9.17) is 0 Å². The molecule has 1 saturated heterocycles. The molecule has 1 aliphatic heterocycles. The first-order chi connectivity index (χ1) is 5.42. The second-order valence-corrected chi connectivity index (χ2v) is 5.30. The molecule has 1 atom stereocenters. The first-order valence-electron chi connectivity index (χ1n) is 5.18. The summed E-state index contributed by atoms with van der Waals surface area (Å²) in [5.74, 6) is 0. The largest absolute Gasteiger partial charge is 0.298 e. The Bertz CT molecular complexity index is 149. The van der Waals surface area contributed by atoms with Crippen LogP contribution in [-0.4, -0.2) is 23.5 Å². The maximum Gasteiger partial charge on any atom is 0.00747 e. The third-order valence-electron chi connectivity index (χ3n) is 3.12. The van der Waals surface area contributed by atoms with Crippen molar-refractivity contribution in [3.8, 4) is 0 Å². The second kappa shape index (κ2) is 3.37. The van der Waals surface area contributed by atoms with Gasteiger partial charge in [-0.2, -0.15) is 0 Å². The minimum absolute atomic E-state index is 0.574. The summed E-state index contributed by atoms with van der Waals surface area (Å²) in [7, 11) is 0. The lowest BCUT2D eigenvalue weighted by Gasteiger charge is -2.44. The molecule has 1 rings (SSSR count). The van der Waals surface area contributed by atoms with Crippen molar-refractivity contribution in [2.24, 2.45) is 5.41 Å². The fourth-order valence-corrected chi connectivity index (χ4v) is 2.44. The molecule has 1 heterocycles. The van der Waals surface area contributed by atoms with E-state index in [1.54, 1.807) is 0 Å². The molecule has 72 valence electrons. The van der Waals surface area contributed by atoms with Crippen LogP contribution in [0.15, 0.2) is 0 Å². The Morgan fingerprint density at radius 1 is 1.33 bits per heavy atom. The molecule has 0 radical (unpaired) electrons. The zero-order valence-electron chi connectivity index (χ0n) is 9.22. The van der Waals surface area contributed by atoms with Gasteiger partial charge in [0, 0.05) is 12.1 Å². The third-order valence-corrected chi connectivity index (χ3v) is 3.12. The summed E-state index contributed by atoms with van der Waals surface area (Å²) in [4.78, 5) is 2.62. The van der Waals surface area contributed by atoms with E-state index in [9.17, 15) is 0 Å². The van der Waals surface area contributed by atoms with Crippen molar-refractivity contribution in [1.29, 1.82) is 0 Å². The lowest BCUT2D eigenvalue weighted by molar-refractivity contribution is 0.0562. The molecule has 0 aliphatic carbocycles. The van der Waals surface area contributed by atoms with Crippen molar-refractivity contribution in [3.05, 3.63) is 0 Å². The molecule has 0 aromatic rings. The molecule has 0 amide bonds. The summed E-state index contributed by atoms with van der Waals surface area (Å²) in [5, 5.41) is 0. The van der Waals surface area contributed by atoms with E-state index in [1.807, 2.05) is 0 Å². The van der Waals surface area contributed by atoms with Gasteiger partial charge in [-0.25, -0.2) is 0 Å². The number of hydrogen-bond acceptors (Lipinski definition) is 1. The summed E-state index contributed by atoms with van der Waals surface area (Å²) in [5.41, 5.74) is 0.574. The van der Waals surface area contributed by atoms with Crippen LogP contribution < -0.4 is 0 Å². The predicted molar refractivity (Wildman–Crippen MR) is 54.3 cm³/mol. The van der Waals surface area contributed by atoms with Crippen LogP contribution in [0.5, 0.6) is 0 Å².